The summed E-state index contributed by atoms with van der Waals surface area (Å²) in [6.45, 7) is 2.72. The normalized spacial score (nSPS) is 11.1. The lowest BCUT2D eigenvalue weighted by molar-refractivity contribution is 0.324. The fourth-order valence-corrected chi connectivity index (χ4v) is 1.57. The van der Waals surface area contributed by atoms with Gasteiger partial charge in [-0.1, -0.05) is 6.92 Å². The summed E-state index contributed by atoms with van der Waals surface area (Å²) in [6, 6.07) is 3.55. The first kappa shape index (κ1) is 14.9. The first-order valence-electron chi connectivity index (χ1n) is 6.03. The van der Waals surface area contributed by atoms with Crippen molar-refractivity contribution in [2.45, 2.75) is 13.3 Å². The van der Waals surface area contributed by atoms with Crippen molar-refractivity contribution in [2.75, 3.05) is 33.2 Å². The fourth-order valence-electron chi connectivity index (χ4n) is 1.57. The van der Waals surface area contributed by atoms with Crippen molar-refractivity contribution in [3.05, 3.63) is 12.1 Å². The highest BCUT2D eigenvalue weighted by molar-refractivity contribution is 5.93. The summed E-state index contributed by atoms with van der Waals surface area (Å²) in [5.74, 6) is 2.02. The molecule has 0 unspecified atom stereocenters. The second-order valence-electron chi connectivity index (χ2n) is 3.81. The molecule has 0 heterocycles. The Morgan fingerprint density at radius 3 is 2.16 bits per heavy atom. The Kier molecular flexibility index (Phi) is 5.78. The highest BCUT2D eigenvalue weighted by atomic mass is 16.5. The SMILES string of the molecule is CCCN=C(N)Nc1cc(OC)c(OC)c(OC)c1. The Morgan fingerprint density at radius 2 is 1.74 bits per heavy atom. The van der Waals surface area contributed by atoms with Crippen LogP contribution in [0.1, 0.15) is 13.3 Å². The van der Waals surface area contributed by atoms with E-state index >= 15 is 0 Å². The lowest BCUT2D eigenvalue weighted by Crippen LogP contribution is -2.22. The summed E-state index contributed by atoms with van der Waals surface area (Å²) in [5, 5.41) is 2.99. The molecule has 106 valence electrons. The maximum absolute atomic E-state index is 5.77. The Bertz CT molecular complexity index is 422. The molecule has 3 N–H and O–H groups in total. The van der Waals surface area contributed by atoms with Gasteiger partial charge in [-0.15, -0.1) is 0 Å². The van der Waals surface area contributed by atoms with Crippen molar-refractivity contribution in [3.8, 4) is 17.2 Å². The van der Waals surface area contributed by atoms with E-state index in [1.807, 2.05) is 6.92 Å². The van der Waals surface area contributed by atoms with Gasteiger partial charge in [0.25, 0.3) is 0 Å². The molecule has 6 nitrogen and oxygen atoms in total. The third-order valence-corrected chi connectivity index (χ3v) is 2.44. The number of methoxy groups -OCH3 is 3. The van der Waals surface area contributed by atoms with E-state index in [1.165, 1.54) is 0 Å². The van der Waals surface area contributed by atoms with Crippen LogP contribution in [0.25, 0.3) is 0 Å². The Hall–Kier alpha value is -2.11. The summed E-state index contributed by atoms with van der Waals surface area (Å²) in [5.41, 5.74) is 6.50. The van der Waals surface area contributed by atoms with E-state index in [-0.39, 0.29) is 0 Å². The molecule has 0 aliphatic heterocycles. The van der Waals surface area contributed by atoms with Gasteiger partial charge in [-0.2, -0.15) is 0 Å². The lowest BCUT2D eigenvalue weighted by Gasteiger charge is -2.14. The summed E-state index contributed by atoms with van der Waals surface area (Å²) >= 11 is 0. The zero-order valence-corrected chi connectivity index (χ0v) is 11.8. The van der Waals surface area contributed by atoms with Crippen molar-refractivity contribution < 1.29 is 14.2 Å². The van der Waals surface area contributed by atoms with Gasteiger partial charge in [0, 0.05) is 24.4 Å². The summed E-state index contributed by atoms with van der Waals surface area (Å²) in [7, 11) is 4.69. The zero-order chi connectivity index (χ0) is 14.3. The van der Waals surface area contributed by atoms with Gasteiger partial charge in [-0.25, -0.2) is 0 Å². The fraction of sp³-hybridized carbons (Fsp3) is 0.462. The van der Waals surface area contributed by atoms with Crippen LogP contribution in [0, 0.1) is 0 Å². The third-order valence-electron chi connectivity index (χ3n) is 2.44. The minimum absolute atomic E-state index is 0.358. The number of benzene rings is 1. The van der Waals surface area contributed by atoms with Gasteiger partial charge in [0.15, 0.2) is 17.5 Å². The maximum atomic E-state index is 5.77. The summed E-state index contributed by atoms with van der Waals surface area (Å²) in [6.07, 6.45) is 0.942. The molecule has 0 spiro atoms. The minimum Gasteiger partial charge on any atom is -0.493 e. The molecule has 0 amide bonds. The van der Waals surface area contributed by atoms with E-state index < -0.39 is 0 Å². The van der Waals surface area contributed by atoms with Gasteiger partial charge in [-0.3, -0.25) is 4.99 Å². The van der Waals surface area contributed by atoms with Gasteiger partial charge in [-0.05, 0) is 6.42 Å². The summed E-state index contributed by atoms with van der Waals surface area (Å²) in [4.78, 5) is 4.16. The third kappa shape index (κ3) is 3.94. The van der Waals surface area contributed by atoms with Gasteiger partial charge >= 0.3 is 0 Å². The number of aliphatic imine (C=N–C) groups is 1. The van der Waals surface area contributed by atoms with Gasteiger partial charge in [0.2, 0.25) is 5.75 Å². The van der Waals surface area contributed by atoms with Crippen molar-refractivity contribution in [1.29, 1.82) is 0 Å². The monoisotopic (exact) mass is 267 g/mol. The van der Waals surface area contributed by atoms with E-state index in [9.17, 15) is 0 Å². The molecule has 1 aromatic carbocycles. The second kappa shape index (κ2) is 7.35. The number of hydrogen-bond acceptors (Lipinski definition) is 4. The van der Waals surface area contributed by atoms with E-state index in [0.717, 1.165) is 12.1 Å². The van der Waals surface area contributed by atoms with Crippen LogP contribution in [0.15, 0.2) is 17.1 Å². The van der Waals surface area contributed by atoms with Crippen LogP contribution in [0.2, 0.25) is 0 Å². The molecule has 0 bridgehead atoms. The number of ether oxygens (including phenoxy) is 3. The van der Waals surface area contributed by atoms with Crippen LogP contribution in [-0.4, -0.2) is 33.8 Å². The van der Waals surface area contributed by atoms with E-state index in [4.69, 9.17) is 19.9 Å². The predicted octanol–water partition coefficient (Wildman–Crippen LogP) is 1.85. The summed E-state index contributed by atoms with van der Waals surface area (Å²) < 4.78 is 15.8. The van der Waals surface area contributed by atoms with Crippen LogP contribution in [0.5, 0.6) is 17.2 Å². The number of guanidine groups is 1. The molecule has 1 aromatic rings. The van der Waals surface area contributed by atoms with E-state index in [2.05, 4.69) is 10.3 Å². The standard InChI is InChI=1S/C13H21N3O3/c1-5-6-15-13(14)16-9-7-10(17-2)12(19-4)11(8-9)18-3/h7-8H,5-6H2,1-4H3,(H3,14,15,16). The highest BCUT2D eigenvalue weighted by Crippen LogP contribution is 2.39. The second-order valence-corrected chi connectivity index (χ2v) is 3.81. The molecule has 0 radical (unpaired) electrons. The van der Waals surface area contributed by atoms with E-state index in [0.29, 0.717) is 29.8 Å². The quantitative estimate of drug-likeness (QED) is 0.607. The molecule has 0 fully saturated rings. The molecule has 0 aliphatic rings. The average Bonchev–Trinajstić information content (AvgIpc) is 2.43. The molecule has 0 aliphatic carbocycles. The van der Waals surface area contributed by atoms with Crippen molar-refractivity contribution in [1.82, 2.24) is 0 Å². The highest BCUT2D eigenvalue weighted by Gasteiger charge is 2.13. The molecular formula is C13H21N3O3. The van der Waals surface area contributed by atoms with Crippen LogP contribution < -0.4 is 25.3 Å². The predicted molar refractivity (Wildman–Crippen MR) is 76.5 cm³/mol. The first-order valence-corrected chi connectivity index (χ1v) is 6.03. The molecule has 0 saturated heterocycles. The first-order chi connectivity index (χ1) is 9.15. The van der Waals surface area contributed by atoms with Gasteiger partial charge in [0.05, 0.1) is 21.3 Å². The number of nitrogens with two attached hydrogens (primary N) is 1. The minimum atomic E-state index is 0.358. The Labute approximate surface area is 113 Å². The van der Waals surface area contributed by atoms with Crippen LogP contribution in [0.4, 0.5) is 5.69 Å². The topological polar surface area (TPSA) is 78.1 Å². The number of nitrogens with one attached hydrogen (secondary N) is 1. The largest absolute Gasteiger partial charge is 0.493 e. The van der Waals surface area contributed by atoms with Crippen LogP contribution >= 0.6 is 0 Å². The molecule has 19 heavy (non-hydrogen) atoms. The maximum Gasteiger partial charge on any atom is 0.203 e. The van der Waals surface area contributed by atoms with Crippen LogP contribution in [0.3, 0.4) is 0 Å². The number of nitrogens with zero attached hydrogens (tertiary/aromatic N) is 1. The number of rotatable bonds is 6. The smallest absolute Gasteiger partial charge is 0.203 e. The van der Waals surface area contributed by atoms with E-state index in [1.54, 1.807) is 33.5 Å². The van der Waals surface area contributed by atoms with Crippen molar-refractivity contribution >= 4 is 11.6 Å². The average molecular weight is 267 g/mol. The molecule has 1 rings (SSSR count). The molecule has 0 saturated carbocycles. The molecule has 0 aromatic heterocycles. The number of hydrogen-bond donors (Lipinski definition) is 2. The number of anilines is 1. The van der Waals surface area contributed by atoms with Gasteiger partial charge < -0.3 is 25.3 Å². The lowest BCUT2D eigenvalue weighted by atomic mass is 10.2. The van der Waals surface area contributed by atoms with Crippen LogP contribution in [-0.2, 0) is 0 Å². The van der Waals surface area contributed by atoms with Crippen molar-refractivity contribution in [3.63, 3.8) is 0 Å². The Balaban J connectivity index is 3.02. The zero-order valence-electron chi connectivity index (χ0n) is 11.8. The molecule has 0 atom stereocenters. The molecular weight excluding hydrogens is 246 g/mol. The van der Waals surface area contributed by atoms with Gasteiger partial charge in [0.1, 0.15) is 0 Å². The van der Waals surface area contributed by atoms with Crippen molar-refractivity contribution in [2.24, 2.45) is 10.7 Å². The molecule has 6 heteroatoms. The Morgan fingerprint density at radius 1 is 1.16 bits per heavy atom.